The van der Waals surface area contributed by atoms with Gasteiger partial charge in [0, 0.05) is 25.7 Å². The minimum absolute atomic E-state index is 0.0387. The molecule has 0 aliphatic carbocycles. The number of guanidine groups is 1. The number of nitrogens with one attached hydrogen (secondary N) is 2. The third-order valence-corrected chi connectivity index (χ3v) is 4.02. The molecule has 3 N–H and O–H groups in total. The first-order valence-electron chi connectivity index (χ1n) is 8.50. The van der Waals surface area contributed by atoms with Crippen LogP contribution in [0.1, 0.15) is 18.9 Å². The lowest BCUT2D eigenvalue weighted by atomic mass is 10.2. The first kappa shape index (κ1) is 20.2. The molecule has 0 bridgehead atoms. The van der Waals surface area contributed by atoms with Crippen LogP contribution >= 0.6 is 0 Å². The number of alkyl halides is 3. The molecule has 0 amide bonds. The van der Waals surface area contributed by atoms with Gasteiger partial charge in [-0.2, -0.15) is 13.2 Å². The summed E-state index contributed by atoms with van der Waals surface area (Å²) in [5, 5.41) is 16.1. The van der Waals surface area contributed by atoms with Crippen molar-refractivity contribution in [3.8, 4) is 11.5 Å². The van der Waals surface area contributed by atoms with Crippen molar-refractivity contribution in [2.45, 2.75) is 32.1 Å². The second-order valence-corrected chi connectivity index (χ2v) is 6.18. The lowest BCUT2D eigenvalue weighted by Crippen LogP contribution is -2.45. The summed E-state index contributed by atoms with van der Waals surface area (Å²) >= 11 is 0. The molecule has 26 heavy (non-hydrogen) atoms. The van der Waals surface area contributed by atoms with Crippen molar-refractivity contribution in [1.29, 1.82) is 0 Å². The highest BCUT2D eigenvalue weighted by Crippen LogP contribution is 2.26. The van der Waals surface area contributed by atoms with E-state index in [0.29, 0.717) is 44.3 Å². The van der Waals surface area contributed by atoms with E-state index in [1.54, 1.807) is 18.2 Å². The number of likely N-dealkylation sites (tertiary alicyclic amines) is 1. The molecule has 2 rings (SSSR count). The van der Waals surface area contributed by atoms with Crippen molar-refractivity contribution in [1.82, 2.24) is 15.5 Å². The van der Waals surface area contributed by atoms with Crippen LogP contribution in [0.2, 0.25) is 0 Å². The molecule has 1 aliphatic rings. The summed E-state index contributed by atoms with van der Waals surface area (Å²) in [7, 11) is 1.48. The SMILES string of the molecule is CCNC(=NCc1ccc(OC)c(O)c1)NC1CCN(CC(F)(F)F)C1. The van der Waals surface area contributed by atoms with E-state index < -0.39 is 12.7 Å². The molecular weight excluding hydrogens is 349 g/mol. The molecule has 1 fully saturated rings. The third kappa shape index (κ3) is 6.29. The summed E-state index contributed by atoms with van der Waals surface area (Å²) in [5.74, 6) is 0.969. The maximum atomic E-state index is 12.5. The van der Waals surface area contributed by atoms with E-state index in [0.717, 1.165) is 5.56 Å². The molecule has 0 spiro atoms. The van der Waals surface area contributed by atoms with Gasteiger partial charge < -0.3 is 20.5 Å². The number of ether oxygens (including phenoxy) is 1. The summed E-state index contributed by atoms with van der Waals surface area (Å²) in [4.78, 5) is 5.84. The Morgan fingerprint density at radius 3 is 2.81 bits per heavy atom. The number of phenols is 1. The Hall–Kier alpha value is -2.16. The van der Waals surface area contributed by atoms with Gasteiger partial charge in [-0.3, -0.25) is 4.90 Å². The predicted octanol–water partition coefficient (Wildman–Crippen LogP) is 2.09. The van der Waals surface area contributed by atoms with Gasteiger partial charge in [0.15, 0.2) is 17.5 Å². The number of benzene rings is 1. The zero-order chi connectivity index (χ0) is 19.2. The molecule has 146 valence electrons. The Kier molecular flexibility index (Phi) is 6.96. The van der Waals surface area contributed by atoms with E-state index >= 15 is 0 Å². The van der Waals surface area contributed by atoms with E-state index in [9.17, 15) is 18.3 Å². The maximum Gasteiger partial charge on any atom is 0.401 e. The summed E-state index contributed by atoms with van der Waals surface area (Å²) < 4.78 is 42.5. The highest BCUT2D eigenvalue weighted by Gasteiger charge is 2.34. The van der Waals surface area contributed by atoms with E-state index in [2.05, 4.69) is 15.6 Å². The highest BCUT2D eigenvalue weighted by molar-refractivity contribution is 5.80. The minimum Gasteiger partial charge on any atom is -0.504 e. The van der Waals surface area contributed by atoms with Crippen LogP contribution in [-0.2, 0) is 6.54 Å². The number of hydrogen-bond acceptors (Lipinski definition) is 4. The number of phenolic OH excluding ortho intramolecular Hbond substituents is 1. The van der Waals surface area contributed by atoms with Crippen LogP contribution in [-0.4, -0.2) is 61.5 Å². The van der Waals surface area contributed by atoms with E-state index in [1.165, 1.54) is 12.0 Å². The lowest BCUT2D eigenvalue weighted by molar-refractivity contribution is -0.143. The molecule has 6 nitrogen and oxygen atoms in total. The second-order valence-electron chi connectivity index (χ2n) is 6.18. The van der Waals surface area contributed by atoms with Gasteiger partial charge in [-0.1, -0.05) is 6.07 Å². The van der Waals surface area contributed by atoms with Crippen molar-refractivity contribution in [2.75, 3.05) is 33.3 Å². The second kappa shape index (κ2) is 8.98. The van der Waals surface area contributed by atoms with Gasteiger partial charge in [0.1, 0.15) is 0 Å². The molecule has 1 heterocycles. The fourth-order valence-corrected chi connectivity index (χ4v) is 2.87. The molecule has 1 unspecified atom stereocenters. The van der Waals surface area contributed by atoms with E-state index in [1.807, 2.05) is 6.92 Å². The predicted molar refractivity (Wildman–Crippen MR) is 93.5 cm³/mol. The molecule has 1 saturated heterocycles. The van der Waals surface area contributed by atoms with Crippen molar-refractivity contribution in [3.63, 3.8) is 0 Å². The molecule has 0 aromatic heterocycles. The number of hydrogen-bond donors (Lipinski definition) is 3. The maximum absolute atomic E-state index is 12.5. The zero-order valence-corrected chi connectivity index (χ0v) is 14.9. The van der Waals surface area contributed by atoms with Gasteiger partial charge in [-0.25, -0.2) is 4.99 Å². The molecule has 1 aromatic rings. The van der Waals surface area contributed by atoms with Crippen molar-refractivity contribution >= 4 is 5.96 Å². The molecule has 0 saturated carbocycles. The monoisotopic (exact) mass is 374 g/mol. The van der Waals surface area contributed by atoms with Crippen molar-refractivity contribution in [3.05, 3.63) is 23.8 Å². The Morgan fingerprint density at radius 1 is 1.42 bits per heavy atom. The number of aliphatic imine (C=N–C) groups is 1. The number of rotatable bonds is 6. The topological polar surface area (TPSA) is 69.1 Å². The molecular formula is C17H25F3N4O2. The summed E-state index contributed by atoms with van der Waals surface area (Å²) in [6.07, 6.45) is -3.55. The van der Waals surface area contributed by atoms with Gasteiger partial charge in [0.05, 0.1) is 20.2 Å². The minimum atomic E-state index is -4.18. The average molecular weight is 374 g/mol. The van der Waals surface area contributed by atoms with Gasteiger partial charge in [0.2, 0.25) is 0 Å². The van der Waals surface area contributed by atoms with Crippen LogP contribution in [0.4, 0.5) is 13.2 Å². The number of nitrogens with zero attached hydrogens (tertiary/aromatic N) is 2. The van der Waals surface area contributed by atoms with Crippen LogP contribution in [0, 0.1) is 0 Å². The van der Waals surface area contributed by atoms with Crippen molar-refractivity contribution in [2.24, 2.45) is 4.99 Å². The Bertz CT molecular complexity index is 623. The number of aromatic hydroxyl groups is 1. The standard InChI is InChI=1S/C17H25F3N4O2/c1-3-21-16(22-9-12-4-5-15(26-2)14(25)8-12)23-13-6-7-24(10-13)11-17(18,19)20/h4-5,8,13,25H,3,6-7,9-11H2,1-2H3,(H2,21,22,23). The lowest BCUT2D eigenvalue weighted by Gasteiger charge is -2.19. The van der Waals surface area contributed by atoms with Gasteiger partial charge in [-0.05, 0) is 31.0 Å². The smallest absolute Gasteiger partial charge is 0.401 e. The number of methoxy groups -OCH3 is 1. The Balaban J connectivity index is 1.94. The molecule has 1 atom stereocenters. The van der Waals surface area contributed by atoms with Gasteiger partial charge in [-0.15, -0.1) is 0 Å². The fourth-order valence-electron chi connectivity index (χ4n) is 2.87. The molecule has 1 aliphatic heterocycles. The van der Waals surface area contributed by atoms with E-state index in [4.69, 9.17) is 4.74 Å². The fraction of sp³-hybridized carbons (Fsp3) is 0.588. The largest absolute Gasteiger partial charge is 0.504 e. The van der Waals surface area contributed by atoms with E-state index in [-0.39, 0.29) is 11.8 Å². The number of halogens is 3. The normalized spacial score (nSPS) is 18.8. The van der Waals surface area contributed by atoms with Gasteiger partial charge >= 0.3 is 6.18 Å². The summed E-state index contributed by atoms with van der Waals surface area (Å²) in [6.45, 7) is 2.73. The van der Waals surface area contributed by atoms with Crippen LogP contribution in [0.15, 0.2) is 23.2 Å². The van der Waals surface area contributed by atoms with Gasteiger partial charge in [0.25, 0.3) is 0 Å². The highest BCUT2D eigenvalue weighted by atomic mass is 19.4. The first-order valence-corrected chi connectivity index (χ1v) is 8.50. The summed E-state index contributed by atoms with van der Waals surface area (Å²) in [6, 6.07) is 4.95. The quantitative estimate of drug-likeness (QED) is 0.526. The molecule has 0 radical (unpaired) electrons. The van der Waals surface area contributed by atoms with Crippen LogP contribution in [0.25, 0.3) is 0 Å². The summed E-state index contributed by atoms with van der Waals surface area (Å²) in [5.41, 5.74) is 0.797. The zero-order valence-electron chi connectivity index (χ0n) is 14.9. The third-order valence-electron chi connectivity index (χ3n) is 4.02. The van der Waals surface area contributed by atoms with Crippen LogP contribution in [0.5, 0.6) is 11.5 Å². The average Bonchev–Trinajstić information content (AvgIpc) is 2.98. The Morgan fingerprint density at radius 2 is 2.19 bits per heavy atom. The molecule has 1 aromatic carbocycles. The Labute approximate surface area is 151 Å². The van der Waals surface area contributed by atoms with Crippen molar-refractivity contribution < 1.29 is 23.0 Å². The van der Waals surface area contributed by atoms with Crippen LogP contribution in [0.3, 0.4) is 0 Å². The van der Waals surface area contributed by atoms with Crippen LogP contribution < -0.4 is 15.4 Å². The molecule has 9 heteroatoms. The first-order chi connectivity index (χ1) is 12.3.